The Hall–Kier alpha value is -0.610. The minimum atomic E-state index is -0.537. The third-order valence-electron chi connectivity index (χ3n) is 2.05. The van der Waals surface area contributed by atoms with Crippen molar-refractivity contribution in [2.75, 3.05) is 12.4 Å². The second kappa shape index (κ2) is 6.21. The van der Waals surface area contributed by atoms with Gasteiger partial charge in [-0.1, -0.05) is 22.9 Å². The van der Waals surface area contributed by atoms with Crippen molar-refractivity contribution in [3.05, 3.63) is 34.1 Å². The molecule has 1 N–H and O–H groups in total. The van der Waals surface area contributed by atoms with Gasteiger partial charge in [-0.2, -0.15) is 0 Å². The molecule has 0 aliphatic carbocycles. The fourth-order valence-corrected chi connectivity index (χ4v) is 1.53. The molecule has 1 rings (SSSR count). The fraction of sp³-hybridized carbons (Fsp3) is 0.364. The lowest BCUT2D eigenvalue weighted by Gasteiger charge is -2.09. The molecule has 0 spiro atoms. The van der Waals surface area contributed by atoms with Crippen molar-refractivity contribution >= 4 is 33.4 Å². The van der Waals surface area contributed by atoms with Gasteiger partial charge in [0.1, 0.15) is 5.82 Å². The molecule has 0 bridgehead atoms. The SMILES string of the molecule is CC(CCl)CNC(=O)c1ccc(Br)cc1F. The summed E-state index contributed by atoms with van der Waals surface area (Å²) in [6.45, 7) is 2.35. The van der Waals surface area contributed by atoms with Gasteiger partial charge in [0.15, 0.2) is 0 Å². The van der Waals surface area contributed by atoms with Crippen LogP contribution in [0.4, 0.5) is 4.39 Å². The summed E-state index contributed by atoms with van der Waals surface area (Å²) < 4.78 is 14.0. The predicted molar refractivity (Wildman–Crippen MR) is 66.3 cm³/mol. The van der Waals surface area contributed by atoms with Crippen LogP contribution in [0.3, 0.4) is 0 Å². The first-order valence-corrected chi connectivity index (χ1v) is 6.16. The van der Waals surface area contributed by atoms with Gasteiger partial charge < -0.3 is 5.32 Å². The highest BCUT2D eigenvalue weighted by molar-refractivity contribution is 9.10. The van der Waals surface area contributed by atoms with Crippen LogP contribution in [0.1, 0.15) is 17.3 Å². The van der Waals surface area contributed by atoms with Crippen molar-refractivity contribution in [3.8, 4) is 0 Å². The number of hydrogen-bond acceptors (Lipinski definition) is 1. The molecule has 0 aliphatic heterocycles. The van der Waals surface area contributed by atoms with E-state index in [1.165, 1.54) is 12.1 Å². The molecule has 1 aromatic rings. The molecule has 0 saturated heterocycles. The Bertz CT molecular complexity index is 386. The van der Waals surface area contributed by atoms with Crippen LogP contribution in [-0.2, 0) is 0 Å². The van der Waals surface area contributed by atoms with E-state index < -0.39 is 11.7 Å². The topological polar surface area (TPSA) is 29.1 Å². The van der Waals surface area contributed by atoms with Crippen molar-refractivity contribution in [1.29, 1.82) is 0 Å². The van der Waals surface area contributed by atoms with Crippen LogP contribution in [0, 0.1) is 11.7 Å². The van der Waals surface area contributed by atoms with Gasteiger partial charge in [0.2, 0.25) is 0 Å². The summed E-state index contributed by atoms with van der Waals surface area (Å²) in [5.41, 5.74) is 0.0463. The molecule has 1 amide bonds. The Balaban J connectivity index is 2.66. The number of benzene rings is 1. The monoisotopic (exact) mass is 307 g/mol. The Morgan fingerprint density at radius 2 is 2.31 bits per heavy atom. The average molecular weight is 309 g/mol. The molecule has 1 unspecified atom stereocenters. The van der Waals surface area contributed by atoms with Crippen LogP contribution in [0.25, 0.3) is 0 Å². The highest BCUT2D eigenvalue weighted by Gasteiger charge is 2.12. The number of alkyl halides is 1. The molecular formula is C11H12BrClFNO. The van der Waals surface area contributed by atoms with Crippen LogP contribution < -0.4 is 5.32 Å². The van der Waals surface area contributed by atoms with Crippen LogP contribution in [0.5, 0.6) is 0 Å². The second-order valence-electron chi connectivity index (χ2n) is 3.59. The number of rotatable bonds is 4. The fourth-order valence-electron chi connectivity index (χ4n) is 1.09. The van der Waals surface area contributed by atoms with Gasteiger partial charge in [-0.05, 0) is 24.1 Å². The smallest absolute Gasteiger partial charge is 0.254 e. The van der Waals surface area contributed by atoms with E-state index in [9.17, 15) is 9.18 Å². The summed E-state index contributed by atoms with van der Waals surface area (Å²) in [5.74, 6) is -0.320. The Morgan fingerprint density at radius 3 is 2.88 bits per heavy atom. The van der Waals surface area contributed by atoms with Crippen molar-refractivity contribution in [1.82, 2.24) is 5.32 Å². The maximum Gasteiger partial charge on any atom is 0.254 e. The molecule has 0 saturated carbocycles. The lowest BCUT2D eigenvalue weighted by Crippen LogP contribution is -2.29. The summed E-state index contributed by atoms with van der Waals surface area (Å²) in [6, 6.07) is 4.34. The van der Waals surface area contributed by atoms with E-state index in [0.29, 0.717) is 16.9 Å². The zero-order chi connectivity index (χ0) is 12.1. The van der Waals surface area contributed by atoms with Crippen LogP contribution in [-0.4, -0.2) is 18.3 Å². The molecule has 2 nitrogen and oxygen atoms in total. The molecule has 0 fully saturated rings. The van der Waals surface area contributed by atoms with Crippen molar-refractivity contribution in [2.24, 2.45) is 5.92 Å². The molecule has 16 heavy (non-hydrogen) atoms. The van der Waals surface area contributed by atoms with Crippen molar-refractivity contribution in [3.63, 3.8) is 0 Å². The normalized spacial score (nSPS) is 12.2. The largest absolute Gasteiger partial charge is 0.352 e. The van der Waals surface area contributed by atoms with Crippen LogP contribution in [0.15, 0.2) is 22.7 Å². The molecule has 1 atom stereocenters. The molecule has 5 heteroatoms. The molecule has 0 heterocycles. The third kappa shape index (κ3) is 3.76. The molecule has 1 aromatic carbocycles. The standard InChI is InChI=1S/C11H12BrClFNO/c1-7(5-13)6-15-11(16)9-3-2-8(12)4-10(9)14/h2-4,7H,5-6H2,1H3,(H,15,16). The summed E-state index contributed by atoms with van der Waals surface area (Å²) >= 11 is 8.73. The molecule has 0 radical (unpaired) electrons. The molecular weight excluding hydrogens is 296 g/mol. The first-order chi connectivity index (χ1) is 7.54. The Kier molecular flexibility index (Phi) is 5.22. The minimum absolute atomic E-state index is 0.0463. The van der Waals surface area contributed by atoms with Gasteiger partial charge in [0.05, 0.1) is 5.56 Å². The molecule has 0 aliphatic rings. The summed E-state index contributed by atoms with van der Waals surface area (Å²) in [6.07, 6.45) is 0. The lowest BCUT2D eigenvalue weighted by molar-refractivity contribution is 0.0945. The quantitative estimate of drug-likeness (QED) is 0.850. The summed E-state index contributed by atoms with van der Waals surface area (Å²) in [4.78, 5) is 11.6. The predicted octanol–water partition coefficient (Wildman–Crippen LogP) is 3.19. The van der Waals surface area contributed by atoms with Gasteiger partial charge >= 0.3 is 0 Å². The molecule has 88 valence electrons. The number of hydrogen-bond donors (Lipinski definition) is 1. The van der Waals surface area contributed by atoms with Crippen LogP contribution in [0.2, 0.25) is 0 Å². The lowest BCUT2D eigenvalue weighted by atomic mass is 10.2. The number of carbonyl (C=O) groups excluding carboxylic acids is 1. The van der Waals surface area contributed by atoms with Crippen LogP contribution >= 0.6 is 27.5 Å². The average Bonchev–Trinajstić information content (AvgIpc) is 2.25. The van der Waals surface area contributed by atoms with Crippen molar-refractivity contribution < 1.29 is 9.18 Å². The van der Waals surface area contributed by atoms with E-state index in [4.69, 9.17) is 11.6 Å². The van der Waals surface area contributed by atoms with Gasteiger partial charge in [-0.25, -0.2) is 4.39 Å². The summed E-state index contributed by atoms with van der Waals surface area (Å²) in [7, 11) is 0. The Labute approximate surface area is 107 Å². The van der Waals surface area contributed by atoms with Gasteiger partial charge in [-0.3, -0.25) is 4.79 Å². The number of carbonyl (C=O) groups is 1. The minimum Gasteiger partial charge on any atom is -0.352 e. The highest BCUT2D eigenvalue weighted by Crippen LogP contribution is 2.15. The first kappa shape index (κ1) is 13.5. The Morgan fingerprint density at radius 1 is 1.62 bits per heavy atom. The van der Waals surface area contributed by atoms with E-state index in [1.54, 1.807) is 6.07 Å². The van der Waals surface area contributed by atoms with Crippen molar-refractivity contribution in [2.45, 2.75) is 6.92 Å². The highest BCUT2D eigenvalue weighted by atomic mass is 79.9. The summed E-state index contributed by atoms with van der Waals surface area (Å²) in [5, 5.41) is 2.63. The van der Waals surface area contributed by atoms with Gasteiger partial charge in [-0.15, -0.1) is 11.6 Å². The number of nitrogens with one attached hydrogen (secondary N) is 1. The zero-order valence-electron chi connectivity index (χ0n) is 8.77. The zero-order valence-corrected chi connectivity index (χ0v) is 11.1. The van der Waals surface area contributed by atoms with E-state index in [1.807, 2.05) is 6.92 Å². The van der Waals surface area contributed by atoms with E-state index in [2.05, 4.69) is 21.2 Å². The van der Waals surface area contributed by atoms with E-state index in [0.717, 1.165) is 0 Å². The first-order valence-electron chi connectivity index (χ1n) is 4.83. The maximum atomic E-state index is 13.4. The van der Waals surface area contributed by atoms with E-state index in [-0.39, 0.29) is 11.5 Å². The van der Waals surface area contributed by atoms with Gasteiger partial charge in [0, 0.05) is 16.9 Å². The maximum absolute atomic E-state index is 13.4. The number of amides is 1. The van der Waals surface area contributed by atoms with E-state index >= 15 is 0 Å². The molecule has 0 aromatic heterocycles. The third-order valence-corrected chi connectivity index (χ3v) is 3.07. The second-order valence-corrected chi connectivity index (χ2v) is 4.82. The number of halogens is 3. The van der Waals surface area contributed by atoms with Gasteiger partial charge in [0.25, 0.3) is 5.91 Å².